The van der Waals surface area contributed by atoms with Crippen LogP contribution in [-0.2, 0) is 29.2 Å². The van der Waals surface area contributed by atoms with Crippen LogP contribution >= 0.6 is 0 Å². The molecule has 0 radical (unpaired) electrons. The van der Waals surface area contributed by atoms with Crippen molar-refractivity contribution in [2.45, 2.75) is 43.5 Å². The Morgan fingerprint density at radius 3 is 1.60 bits per heavy atom. The Kier molecular flexibility index (Phi) is 5.20. The van der Waals surface area contributed by atoms with E-state index in [9.17, 15) is 38.6 Å². The van der Waals surface area contributed by atoms with Gasteiger partial charge >= 0.3 is 39.2 Å². The van der Waals surface area contributed by atoms with Crippen molar-refractivity contribution in [2.24, 2.45) is 0 Å². The summed E-state index contributed by atoms with van der Waals surface area (Å²) in [4.78, 5) is 0. The second-order valence-electron chi connectivity index (χ2n) is 5.16. The quantitative estimate of drug-likeness (QED) is 0.529. The summed E-state index contributed by atoms with van der Waals surface area (Å²) in [5.74, 6) is -10.1. The predicted molar refractivity (Wildman–Crippen MR) is 65.1 cm³/mol. The fraction of sp³-hybridized carbons (Fsp3) is 0.636. The Morgan fingerprint density at radius 1 is 0.920 bits per heavy atom. The maximum Gasteiger partial charge on any atom is 0.444 e. The molecule has 2 aliphatic rings. The first-order chi connectivity index (χ1) is 11.0. The van der Waals surface area contributed by atoms with Crippen LogP contribution in [-0.4, -0.2) is 31.2 Å². The zero-order valence-corrected chi connectivity index (χ0v) is 13.5. The maximum atomic E-state index is 13.1. The van der Waals surface area contributed by atoms with Crippen LogP contribution in [0.3, 0.4) is 0 Å². The van der Waals surface area contributed by atoms with Gasteiger partial charge in [0.1, 0.15) is 0 Å². The van der Waals surface area contributed by atoms with Crippen molar-refractivity contribution in [1.29, 1.82) is 0 Å². The molecular formula is C11H11F7O6S. The molecule has 2 heterocycles. The summed E-state index contributed by atoms with van der Waals surface area (Å²) in [6.45, 7) is 3.40. The van der Waals surface area contributed by atoms with Crippen LogP contribution in [0.25, 0.3) is 0 Å². The van der Waals surface area contributed by atoms with Crippen LogP contribution in [0.1, 0.15) is 20.8 Å². The molecule has 0 aromatic rings. The van der Waals surface area contributed by atoms with Gasteiger partial charge < -0.3 is 18.9 Å². The molecule has 0 bridgehead atoms. The zero-order chi connectivity index (χ0) is 19.9. The monoisotopic (exact) mass is 404 g/mol. The molecule has 0 spiro atoms. The van der Waals surface area contributed by atoms with E-state index in [0.717, 1.165) is 6.26 Å². The molecule has 0 saturated heterocycles. The van der Waals surface area contributed by atoms with Crippen molar-refractivity contribution in [2.75, 3.05) is 0 Å². The average Bonchev–Trinajstić information content (AvgIpc) is 2.91. The highest BCUT2D eigenvalue weighted by molar-refractivity contribution is 7.87. The molecule has 6 nitrogen and oxygen atoms in total. The van der Waals surface area contributed by atoms with Gasteiger partial charge in [0.15, 0.2) is 12.5 Å². The summed E-state index contributed by atoms with van der Waals surface area (Å²) in [7, 11) is -6.94. The number of hydrogen-bond donors (Lipinski definition) is 0. The summed E-state index contributed by atoms with van der Waals surface area (Å²) in [5.41, 5.74) is 0. The Balaban J connectivity index is 0.000000324. The van der Waals surface area contributed by atoms with Crippen LogP contribution in [0.15, 0.2) is 24.6 Å². The normalized spacial score (nSPS) is 25.4. The lowest BCUT2D eigenvalue weighted by Crippen LogP contribution is -2.60. The van der Waals surface area contributed by atoms with Gasteiger partial charge in [0.25, 0.3) is 0 Å². The summed E-state index contributed by atoms with van der Waals surface area (Å²) < 4.78 is 125. The standard InChI is InChI=1S/C6H4F6O4S.C5H7FO2/c1-4(15-2-3(7)16-4)5(8,9)6(10,11)17(12,13)14;1-5(2)7-3-4(6)8-5/h2H,1H3;3H,1-2H3. The fourth-order valence-electron chi connectivity index (χ4n) is 1.42. The molecule has 0 aromatic carbocycles. The molecule has 0 aromatic heterocycles. The number of ether oxygens (including phenoxy) is 4. The number of alkyl halides is 4. The Morgan fingerprint density at radius 2 is 1.36 bits per heavy atom. The molecule has 25 heavy (non-hydrogen) atoms. The van der Waals surface area contributed by atoms with Crippen LogP contribution in [0.4, 0.5) is 30.2 Å². The summed E-state index contributed by atoms with van der Waals surface area (Å²) in [6.07, 6.45) is 0.884. The molecule has 0 N–H and O–H groups in total. The SMILES string of the molecule is CC1(C(F)(F)C(F)(F)S(=O)(=O)F)OC=C(F)O1.CC1(C)OC=C(F)O1. The predicted octanol–water partition coefficient (Wildman–Crippen LogP) is 3.58. The van der Waals surface area contributed by atoms with Crippen LogP contribution in [0.5, 0.6) is 0 Å². The smallest absolute Gasteiger partial charge is 0.444 e. The number of hydrogen-bond acceptors (Lipinski definition) is 6. The lowest BCUT2D eigenvalue weighted by Gasteiger charge is -2.34. The molecule has 0 saturated carbocycles. The van der Waals surface area contributed by atoms with Crippen LogP contribution in [0, 0.1) is 0 Å². The van der Waals surface area contributed by atoms with E-state index in [2.05, 4.69) is 14.2 Å². The minimum absolute atomic E-state index is 0.0746. The first-order valence-electron chi connectivity index (χ1n) is 6.10. The summed E-state index contributed by atoms with van der Waals surface area (Å²) >= 11 is 0. The van der Waals surface area contributed by atoms with Gasteiger partial charge in [0.05, 0.1) is 0 Å². The van der Waals surface area contributed by atoms with Crippen LogP contribution in [0.2, 0.25) is 0 Å². The van der Waals surface area contributed by atoms with Gasteiger partial charge in [-0.25, -0.2) is 0 Å². The molecular weight excluding hydrogens is 393 g/mol. The third kappa shape index (κ3) is 4.04. The average molecular weight is 404 g/mol. The summed E-state index contributed by atoms with van der Waals surface area (Å²) in [5, 5.41) is -6.13. The molecule has 2 rings (SSSR count). The van der Waals surface area contributed by atoms with Gasteiger partial charge in [-0.3, -0.25) is 0 Å². The molecule has 0 fully saturated rings. The molecule has 2 aliphatic heterocycles. The highest BCUT2D eigenvalue weighted by Gasteiger charge is 2.78. The van der Waals surface area contributed by atoms with E-state index < -0.39 is 45.0 Å². The lowest BCUT2D eigenvalue weighted by molar-refractivity contribution is -0.327. The van der Waals surface area contributed by atoms with Crippen molar-refractivity contribution < 1.29 is 57.6 Å². The van der Waals surface area contributed by atoms with Gasteiger partial charge in [0.2, 0.25) is 5.79 Å². The third-order valence-corrected chi connectivity index (χ3v) is 3.56. The Bertz CT molecular complexity index is 687. The number of halogens is 7. The van der Waals surface area contributed by atoms with E-state index in [4.69, 9.17) is 4.74 Å². The Hall–Kier alpha value is -1.86. The van der Waals surface area contributed by atoms with Gasteiger partial charge in [-0.2, -0.15) is 34.8 Å². The van der Waals surface area contributed by atoms with Gasteiger partial charge in [-0.05, 0) is 0 Å². The minimum Gasteiger partial charge on any atom is -0.454 e. The van der Waals surface area contributed by atoms with Gasteiger partial charge in [0, 0.05) is 20.8 Å². The molecule has 1 unspecified atom stereocenters. The zero-order valence-electron chi connectivity index (χ0n) is 12.7. The first kappa shape index (κ1) is 21.2. The Labute approximate surface area is 137 Å². The van der Waals surface area contributed by atoms with E-state index >= 15 is 0 Å². The maximum absolute atomic E-state index is 13.1. The van der Waals surface area contributed by atoms with Crippen molar-refractivity contribution in [3.8, 4) is 0 Å². The van der Waals surface area contributed by atoms with E-state index in [-0.39, 0.29) is 13.2 Å². The fourth-order valence-corrected chi connectivity index (χ4v) is 1.91. The van der Waals surface area contributed by atoms with E-state index in [1.807, 2.05) is 0 Å². The number of rotatable bonds is 3. The van der Waals surface area contributed by atoms with Crippen LogP contribution < -0.4 is 0 Å². The van der Waals surface area contributed by atoms with Crippen molar-refractivity contribution in [3.05, 3.63) is 24.6 Å². The van der Waals surface area contributed by atoms with Crippen molar-refractivity contribution in [1.82, 2.24) is 0 Å². The van der Waals surface area contributed by atoms with Gasteiger partial charge in [-0.1, -0.05) is 3.89 Å². The second kappa shape index (κ2) is 6.14. The molecule has 1 atom stereocenters. The first-order valence-corrected chi connectivity index (χ1v) is 7.48. The second-order valence-corrected chi connectivity index (χ2v) is 6.55. The third-order valence-electron chi connectivity index (χ3n) is 2.69. The van der Waals surface area contributed by atoms with Crippen molar-refractivity contribution >= 4 is 10.2 Å². The van der Waals surface area contributed by atoms with Gasteiger partial charge in [-0.15, -0.1) is 0 Å². The van der Waals surface area contributed by atoms with E-state index in [0.29, 0.717) is 0 Å². The largest absolute Gasteiger partial charge is 0.454 e. The summed E-state index contributed by atoms with van der Waals surface area (Å²) in [6, 6.07) is -2.44. The minimum atomic E-state index is -6.94. The van der Waals surface area contributed by atoms with E-state index in [1.165, 1.54) is 0 Å². The highest BCUT2D eigenvalue weighted by atomic mass is 32.3. The molecule has 0 aliphatic carbocycles. The van der Waals surface area contributed by atoms with Crippen molar-refractivity contribution in [3.63, 3.8) is 0 Å². The van der Waals surface area contributed by atoms with E-state index in [1.54, 1.807) is 13.8 Å². The lowest BCUT2D eigenvalue weighted by atomic mass is 10.1. The molecule has 0 amide bonds. The highest BCUT2D eigenvalue weighted by Crippen LogP contribution is 2.50. The molecule has 14 heteroatoms. The molecule has 146 valence electrons. The topological polar surface area (TPSA) is 71.1 Å².